The zero-order valence-electron chi connectivity index (χ0n) is 22.7. The van der Waals surface area contributed by atoms with Gasteiger partial charge < -0.3 is 90.3 Å². The fourth-order valence-electron chi connectivity index (χ4n) is 5.16. The minimum atomic E-state index is -3.02. The molecule has 0 aromatic carbocycles. The van der Waals surface area contributed by atoms with Gasteiger partial charge in [-0.05, 0) is 0 Å². The number of hydrogen-bond acceptors (Lipinski definition) is 18. The maximum Gasteiger partial charge on any atom is 0.364 e. The molecule has 3 aliphatic rings. The van der Waals surface area contributed by atoms with Gasteiger partial charge in [-0.1, -0.05) is 0 Å². The third-order valence-electron chi connectivity index (χ3n) is 7.47. The highest BCUT2D eigenvalue weighted by Crippen LogP contribution is 2.38. The van der Waals surface area contributed by atoms with Crippen LogP contribution in [0.4, 0.5) is 0 Å². The van der Waals surface area contributed by atoms with Crippen molar-refractivity contribution in [1.29, 1.82) is 0 Å². The zero-order chi connectivity index (χ0) is 32.4. The molecule has 16 atom stereocenters. The van der Waals surface area contributed by atoms with Crippen LogP contribution in [0.3, 0.4) is 0 Å². The largest absolute Gasteiger partial charge is 0.477 e. The molecule has 3 saturated heterocycles. The minimum Gasteiger partial charge on any atom is -0.477 e. The Bertz CT molecular complexity index is 942. The third kappa shape index (κ3) is 7.41. The Morgan fingerprint density at radius 2 is 1.53 bits per heavy atom. The monoisotopic (exact) mass is 633 g/mol. The van der Waals surface area contributed by atoms with E-state index in [9.17, 15) is 70.9 Å². The highest BCUT2D eigenvalue weighted by atomic mass is 16.8. The quantitative estimate of drug-likeness (QED) is 0.100. The maximum atomic E-state index is 12.5. The summed E-state index contributed by atoms with van der Waals surface area (Å²) in [5, 5.41) is 124. The van der Waals surface area contributed by atoms with Crippen LogP contribution in [-0.4, -0.2) is 191 Å². The van der Waals surface area contributed by atoms with Crippen molar-refractivity contribution in [1.82, 2.24) is 5.32 Å². The summed E-state index contributed by atoms with van der Waals surface area (Å²) in [6.07, 6.45) is -27.8. The third-order valence-corrected chi connectivity index (χ3v) is 7.47. The van der Waals surface area contributed by atoms with E-state index in [1.165, 1.54) is 0 Å². The van der Waals surface area contributed by atoms with Crippen molar-refractivity contribution < 1.29 is 94.6 Å². The fourth-order valence-corrected chi connectivity index (χ4v) is 5.16. The lowest BCUT2D eigenvalue weighted by Crippen LogP contribution is -2.70. The van der Waals surface area contributed by atoms with Gasteiger partial charge in [-0.3, -0.25) is 4.79 Å². The lowest BCUT2D eigenvalue weighted by atomic mass is 9.88. The van der Waals surface area contributed by atoms with Crippen molar-refractivity contribution in [2.24, 2.45) is 0 Å². The van der Waals surface area contributed by atoms with E-state index < -0.39 is 136 Å². The van der Waals surface area contributed by atoms with Gasteiger partial charge in [-0.25, -0.2) is 4.79 Å². The van der Waals surface area contributed by atoms with Gasteiger partial charge in [0.15, 0.2) is 12.6 Å². The molecule has 43 heavy (non-hydrogen) atoms. The van der Waals surface area contributed by atoms with E-state index in [4.69, 9.17) is 23.7 Å². The molecule has 13 N–H and O–H groups in total. The molecular formula is C23H39NO19. The molecule has 0 radical (unpaired) electrons. The summed E-state index contributed by atoms with van der Waals surface area (Å²) in [5.74, 6) is -5.74. The summed E-state index contributed by atoms with van der Waals surface area (Å²) in [6, 6.07) is -1.54. The Morgan fingerprint density at radius 3 is 2.07 bits per heavy atom. The second kappa shape index (κ2) is 14.6. The maximum absolute atomic E-state index is 12.5. The van der Waals surface area contributed by atoms with Gasteiger partial charge in [0.1, 0.15) is 67.1 Å². The number of aliphatic hydroxyl groups is 11. The van der Waals surface area contributed by atoms with E-state index in [1.807, 2.05) is 0 Å². The van der Waals surface area contributed by atoms with Crippen LogP contribution in [0.5, 0.6) is 0 Å². The number of aliphatic carboxylic acids is 1. The van der Waals surface area contributed by atoms with Crippen molar-refractivity contribution in [3.63, 3.8) is 0 Å². The van der Waals surface area contributed by atoms with Crippen molar-refractivity contribution >= 4 is 11.9 Å². The van der Waals surface area contributed by atoms with Crippen LogP contribution in [0.25, 0.3) is 0 Å². The first kappa shape index (κ1) is 35.8. The molecule has 0 aromatic heterocycles. The van der Waals surface area contributed by atoms with Gasteiger partial charge in [0.25, 0.3) is 5.79 Å². The Labute approximate surface area is 243 Å². The first-order valence-corrected chi connectivity index (χ1v) is 13.2. The number of hydrogen-bond donors (Lipinski definition) is 13. The van der Waals surface area contributed by atoms with Crippen LogP contribution in [0.2, 0.25) is 0 Å². The summed E-state index contributed by atoms with van der Waals surface area (Å²) in [4.78, 5) is 24.3. The predicted molar refractivity (Wildman–Crippen MR) is 130 cm³/mol. The number of carbonyl (C=O) groups excluding carboxylic acids is 1. The lowest BCUT2D eigenvalue weighted by molar-refractivity contribution is -0.385. The summed E-state index contributed by atoms with van der Waals surface area (Å²) in [7, 11) is 0. The average molecular weight is 634 g/mol. The first-order chi connectivity index (χ1) is 20.1. The molecule has 20 nitrogen and oxygen atoms in total. The van der Waals surface area contributed by atoms with Crippen molar-refractivity contribution in [2.75, 3.05) is 19.8 Å². The molecular weight excluding hydrogens is 594 g/mol. The van der Waals surface area contributed by atoms with Crippen LogP contribution in [0.15, 0.2) is 0 Å². The molecule has 0 aromatic rings. The van der Waals surface area contributed by atoms with Crippen LogP contribution < -0.4 is 5.32 Å². The van der Waals surface area contributed by atoms with Crippen molar-refractivity contribution in [3.8, 4) is 0 Å². The normalized spacial score (nSPS) is 45.3. The summed E-state index contributed by atoms with van der Waals surface area (Å²) < 4.78 is 26.8. The molecule has 20 heteroatoms. The standard InChI is InChI=1S/C23H39NO19/c1-6(28)24-11-7(29)2-23(22(37)38,42-18(11)12(31)8(30)3-25)43-19-13(32)9(4-26)40-21(16(19)35)41-17-10(5-27)39-20(36)15(34)14(17)33/h7-21,25-27,29-36H,2-5H2,1H3,(H,24,28)(H,37,38)/t7-,8+,9+,10+,11+,12+,13-,14+,15+,16+,17+,18+,19-,20-,21-,23-/m0/s1. The highest BCUT2D eigenvalue weighted by Gasteiger charge is 2.60. The van der Waals surface area contributed by atoms with Gasteiger partial charge in [0.2, 0.25) is 5.91 Å². The number of aliphatic hydroxyl groups excluding tert-OH is 11. The SMILES string of the molecule is CC(=O)N[C@H]1[C@H]([C@H](O)[C@H](O)CO)O[C@@](O[C@H]2[C@@H](O)[C@@H](CO)O[C@@H](O[C@H]3[C@H](O)[C@@H](O)[C@@H](O)O[C@@H]3CO)[C@@H]2O)(C(=O)O)C[C@@H]1O. The Balaban J connectivity index is 1.94. The Kier molecular flexibility index (Phi) is 12.1. The van der Waals surface area contributed by atoms with E-state index in [0.717, 1.165) is 6.92 Å². The number of carboxylic acid groups (broad SMARTS) is 1. The number of rotatable bonds is 11. The number of carboxylic acids is 1. The van der Waals surface area contributed by atoms with Crippen LogP contribution in [0, 0.1) is 0 Å². The van der Waals surface area contributed by atoms with E-state index in [0.29, 0.717) is 0 Å². The molecule has 3 rings (SSSR count). The summed E-state index contributed by atoms with van der Waals surface area (Å²) in [5.41, 5.74) is 0. The first-order valence-electron chi connectivity index (χ1n) is 13.2. The van der Waals surface area contributed by atoms with Gasteiger partial charge in [-0.15, -0.1) is 0 Å². The molecule has 0 aliphatic carbocycles. The number of amides is 1. The minimum absolute atomic E-state index is 0.749. The van der Waals surface area contributed by atoms with Gasteiger partial charge in [0.05, 0.1) is 32.0 Å². The smallest absolute Gasteiger partial charge is 0.364 e. The van der Waals surface area contributed by atoms with Gasteiger partial charge >= 0.3 is 5.97 Å². The zero-order valence-corrected chi connectivity index (χ0v) is 22.7. The molecule has 250 valence electrons. The number of ether oxygens (including phenoxy) is 5. The highest BCUT2D eigenvalue weighted by molar-refractivity contribution is 5.76. The molecule has 3 heterocycles. The van der Waals surface area contributed by atoms with Crippen molar-refractivity contribution in [3.05, 3.63) is 0 Å². The molecule has 0 bridgehead atoms. The van der Waals surface area contributed by atoms with E-state index >= 15 is 0 Å². The molecule has 0 saturated carbocycles. The van der Waals surface area contributed by atoms with Gasteiger partial charge in [-0.2, -0.15) is 0 Å². The molecule has 3 aliphatic heterocycles. The average Bonchev–Trinajstić information content (AvgIpc) is 2.96. The topological polar surface area (TPSA) is 335 Å². The van der Waals surface area contributed by atoms with Crippen LogP contribution >= 0.6 is 0 Å². The molecule has 1 amide bonds. The number of nitrogens with one attached hydrogen (secondary N) is 1. The number of carbonyl (C=O) groups is 2. The molecule has 0 spiro atoms. The fraction of sp³-hybridized carbons (Fsp3) is 0.913. The second-order valence-corrected chi connectivity index (χ2v) is 10.5. The molecule has 3 fully saturated rings. The summed E-state index contributed by atoms with van der Waals surface area (Å²) in [6.45, 7) is -1.85. The van der Waals surface area contributed by atoms with E-state index in [-0.39, 0.29) is 0 Å². The van der Waals surface area contributed by atoms with Crippen molar-refractivity contribution in [2.45, 2.75) is 111 Å². The summed E-state index contributed by atoms with van der Waals surface area (Å²) >= 11 is 0. The van der Waals surface area contributed by atoms with Gasteiger partial charge in [0, 0.05) is 13.3 Å². The predicted octanol–water partition coefficient (Wildman–Crippen LogP) is -8.22. The Hall–Kier alpha value is -1.70. The van der Waals surface area contributed by atoms with Crippen LogP contribution in [-0.2, 0) is 33.3 Å². The lowest BCUT2D eigenvalue weighted by Gasteiger charge is -2.50. The second-order valence-electron chi connectivity index (χ2n) is 10.5. The van der Waals surface area contributed by atoms with E-state index in [1.54, 1.807) is 0 Å². The van der Waals surface area contributed by atoms with E-state index in [2.05, 4.69) is 5.32 Å². The Morgan fingerprint density at radius 1 is 0.907 bits per heavy atom. The molecule has 0 unspecified atom stereocenters. The van der Waals surface area contributed by atoms with Crippen LogP contribution in [0.1, 0.15) is 13.3 Å².